The number of esters is 1. The van der Waals surface area contributed by atoms with Gasteiger partial charge in [-0.25, -0.2) is 14.2 Å². The number of carbonyl (C=O) groups excluding carboxylic acids is 1. The van der Waals surface area contributed by atoms with Gasteiger partial charge in [-0.2, -0.15) is 0 Å². The number of rotatable bonds is 10. The zero-order valence-corrected chi connectivity index (χ0v) is 28.7. The number of benzene rings is 3. The summed E-state index contributed by atoms with van der Waals surface area (Å²) in [6, 6.07) is 17.2. The summed E-state index contributed by atoms with van der Waals surface area (Å²) < 4.78 is 33.6. The van der Waals surface area contributed by atoms with Gasteiger partial charge in [0.1, 0.15) is 12.4 Å². The topological polar surface area (TPSA) is 79.1 Å². The Morgan fingerprint density at radius 1 is 1.07 bits per heavy atom. The average molecular weight is 741 g/mol. The minimum Gasteiger partial charge on any atom is -0.490 e. The molecule has 3 aromatic carbocycles. The molecule has 0 radical (unpaired) electrons. The first kappa shape index (κ1) is 32.6. The molecule has 0 spiro atoms. The molecule has 7 nitrogen and oxygen atoms in total. The number of hydrogen-bond acceptors (Lipinski definition) is 7. The van der Waals surface area contributed by atoms with Crippen LogP contribution in [-0.2, 0) is 16.1 Å². The van der Waals surface area contributed by atoms with Crippen LogP contribution in [0, 0.1) is 9.39 Å². The van der Waals surface area contributed by atoms with Gasteiger partial charge in [0, 0.05) is 0 Å². The quantitative estimate of drug-likeness (QED) is 0.135. The summed E-state index contributed by atoms with van der Waals surface area (Å²) in [5.74, 6) is 0.652. The highest BCUT2D eigenvalue weighted by atomic mass is 127. The van der Waals surface area contributed by atoms with Gasteiger partial charge in [-0.15, -0.1) is 0 Å². The molecule has 10 heteroatoms. The fourth-order valence-electron chi connectivity index (χ4n) is 5.13. The van der Waals surface area contributed by atoms with Crippen LogP contribution in [0.3, 0.4) is 0 Å². The molecule has 1 aromatic heterocycles. The van der Waals surface area contributed by atoms with Crippen molar-refractivity contribution in [3.63, 3.8) is 0 Å². The first-order valence-corrected chi connectivity index (χ1v) is 16.6. The molecule has 45 heavy (non-hydrogen) atoms. The number of carbonyl (C=O) groups is 1. The van der Waals surface area contributed by atoms with Crippen LogP contribution in [0.2, 0.25) is 0 Å². The minimum absolute atomic E-state index is 0.212. The molecule has 0 aliphatic carbocycles. The molecule has 0 N–H and O–H groups in total. The Bertz CT molecular complexity index is 1930. The molecule has 4 aromatic rings. The summed E-state index contributed by atoms with van der Waals surface area (Å²) in [7, 11) is 0. The van der Waals surface area contributed by atoms with Crippen LogP contribution in [0.15, 0.2) is 81.7 Å². The third kappa shape index (κ3) is 7.06. The molecular weight excluding hydrogens is 706 g/mol. The highest BCUT2D eigenvalue weighted by Crippen LogP contribution is 2.35. The monoisotopic (exact) mass is 740 g/mol. The lowest BCUT2D eigenvalue weighted by atomic mass is 9.93. The van der Waals surface area contributed by atoms with E-state index in [0.717, 1.165) is 25.8 Å². The predicted octanol–water partition coefficient (Wildman–Crippen LogP) is 6.64. The molecule has 2 heterocycles. The fourth-order valence-corrected chi connectivity index (χ4v) is 6.96. The van der Waals surface area contributed by atoms with Crippen LogP contribution >= 0.6 is 33.9 Å². The Hall–Kier alpha value is -3.77. The normalized spacial score (nSPS) is 14.8. The second-order valence-corrected chi connectivity index (χ2v) is 13.0. The van der Waals surface area contributed by atoms with Gasteiger partial charge in [-0.3, -0.25) is 9.36 Å². The van der Waals surface area contributed by atoms with Crippen LogP contribution in [0.5, 0.6) is 11.5 Å². The van der Waals surface area contributed by atoms with Crippen LogP contribution in [0.4, 0.5) is 4.39 Å². The standard InChI is InChI=1S/C35H34FIN2O5S/c1-6-42-28-17-23(16-27(37)32(28)44-19-22-8-14-26(36)15-9-22)18-29-33(40)39-31(25-12-10-24(11-13-25)20(3)4)30(34(41)43-7-2)21(5)38-35(39)45-29/h8-18,20,31H,6-7,19H2,1-5H3/t31-/m0/s1. The number of hydrogen-bond donors (Lipinski definition) is 0. The van der Waals surface area contributed by atoms with Crippen molar-refractivity contribution >= 4 is 46.0 Å². The first-order chi connectivity index (χ1) is 21.6. The maximum Gasteiger partial charge on any atom is 0.338 e. The molecule has 0 bridgehead atoms. The van der Waals surface area contributed by atoms with Crippen molar-refractivity contribution in [1.29, 1.82) is 0 Å². The van der Waals surface area contributed by atoms with Crippen molar-refractivity contribution in [3.05, 3.63) is 123 Å². The van der Waals surface area contributed by atoms with Gasteiger partial charge in [0.15, 0.2) is 16.3 Å². The number of ether oxygens (including phenoxy) is 3. The van der Waals surface area contributed by atoms with Crippen LogP contribution in [0.1, 0.15) is 68.8 Å². The maximum absolute atomic E-state index is 14.1. The van der Waals surface area contributed by atoms with Crippen LogP contribution < -0.4 is 24.4 Å². The van der Waals surface area contributed by atoms with Gasteiger partial charge < -0.3 is 14.2 Å². The zero-order valence-electron chi connectivity index (χ0n) is 25.7. The number of nitrogens with zero attached hydrogens (tertiary/aromatic N) is 2. The van der Waals surface area contributed by atoms with E-state index in [2.05, 4.69) is 41.4 Å². The first-order valence-electron chi connectivity index (χ1n) is 14.7. The van der Waals surface area contributed by atoms with E-state index in [1.807, 2.05) is 43.3 Å². The summed E-state index contributed by atoms with van der Waals surface area (Å²) in [6.45, 7) is 10.5. The molecule has 5 rings (SSSR count). The number of halogens is 2. The Morgan fingerprint density at radius 3 is 2.42 bits per heavy atom. The van der Waals surface area contributed by atoms with E-state index in [1.165, 1.54) is 23.5 Å². The predicted molar refractivity (Wildman–Crippen MR) is 182 cm³/mol. The lowest BCUT2D eigenvalue weighted by Gasteiger charge is -2.25. The van der Waals surface area contributed by atoms with Gasteiger partial charge in [0.05, 0.1) is 38.6 Å². The van der Waals surface area contributed by atoms with E-state index in [4.69, 9.17) is 14.2 Å². The third-order valence-electron chi connectivity index (χ3n) is 7.36. The molecule has 234 valence electrons. The molecule has 0 amide bonds. The van der Waals surface area contributed by atoms with E-state index in [1.54, 1.807) is 36.6 Å². The van der Waals surface area contributed by atoms with Gasteiger partial charge in [-0.1, -0.05) is 61.6 Å². The molecular formula is C35H34FIN2O5S. The number of thiazole rings is 1. The van der Waals surface area contributed by atoms with Crippen molar-refractivity contribution in [2.75, 3.05) is 13.2 Å². The lowest BCUT2D eigenvalue weighted by molar-refractivity contribution is -0.139. The molecule has 0 unspecified atom stereocenters. The van der Waals surface area contributed by atoms with E-state index >= 15 is 0 Å². The number of aromatic nitrogens is 1. The van der Waals surface area contributed by atoms with Crippen LogP contribution in [0.25, 0.3) is 6.08 Å². The third-order valence-corrected chi connectivity index (χ3v) is 9.15. The lowest BCUT2D eigenvalue weighted by Crippen LogP contribution is -2.39. The smallest absolute Gasteiger partial charge is 0.338 e. The molecule has 0 saturated heterocycles. The molecule has 0 fully saturated rings. The van der Waals surface area contributed by atoms with Gasteiger partial charge in [0.2, 0.25) is 0 Å². The number of allylic oxidation sites excluding steroid dienone is 1. The molecule has 0 saturated carbocycles. The average Bonchev–Trinajstić information content (AvgIpc) is 3.30. The highest BCUT2D eigenvalue weighted by Gasteiger charge is 2.33. The van der Waals surface area contributed by atoms with E-state index in [9.17, 15) is 14.0 Å². The van der Waals surface area contributed by atoms with Gasteiger partial charge >= 0.3 is 5.97 Å². The zero-order chi connectivity index (χ0) is 32.2. The Kier molecular flexibility index (Phi) is 10.2. The Morgan fingerprint density at radius 2 is 1.78 bits per heavy atom. The second-order valence-electron chi connectivity index (χ2n) is 10.8. The SMILES string of the molecule is CCOC(=O)C1=C(C)N=c2sc(=Cc3cc(I)c(OCc4ccc(F)cc4)c(OCC)c3)c(=O)n2[C@H]1c1ccc(C(C)C)cc1. The largest absolute Gasteiger partial charge is 0.490 e. The summed E-state index contributed by atoms with van der Waals surface area (Å²) in [5.41, 5.74) is 4.16. The summed E-state index contributed by atoms with van der Waals surface area (Å²) in [4.78, 5) is 32.5. The van der Waals surface area contributed by atoms with Crippen molar-refractivity contribution in [2.24, 2.45) is 4.99 Å². The molecule has 1 aliphatic rings. The van der Waals surface area contributed by atoms with Crippen molar-refractivity contribution in [3.8, 4) is 11.5 Å². The fraction of sp³-hybridized carbons (Fsp3) is 0.286. The van der Waals surface area contributed by atoms with Crippen molar-refractivity contribution in [2.45, 2.75) is 53.2 Å². The summed E-state index contributed by atoms with van der Waals surface area (Å²) >= 11 is 3.45. The summed E-state index contributed by atoms with van der Waals surface area (Å²) in [6.07, 6.45) is 1.81. The van der Waals surface area contributed by atoms with Gasteiger partial charge in [-0.05, 0) is 102 Å². The van der Waals surface area contributed by atoms with Crippen molar-refractivity contribution in [1.82, 2.24) is 4.57 Å². The molecule has 1 atom stereocenters. The number of fused-ring (bicyclic) bond motifs is 1. The van der Waals surface area contributed by atoms with Crippen molar-refractivity contribution < 1.29 is 23.4 Å². The Balaban J connectivity index is 1.58. The Labute approximate surface area is 278 Å². The summed E-state index contributed by atoms with van der Waals surface area (Å²) in [5, 5.41) is 0. The second kappa shape index (κ2) is 14.1. The highest BCUT2D eigenvalue weighted by molar-refractivity contribution is 14.1. The van der Waals surface area contributed by atoms with Crippen LogP contribution in [-0.4, -0.2) is 23.8 Å². The minimum atomic E-state index is -0.676. The van der Waals surface area contributed by atoms with E-state index in [-0.39, 0.29) is 24.6 Å². The van der Waals surface area contributed by atoms with E-state index in [0.29, 0.717) is 44.6 Å². The van der Waals surface area contributed by atoms with Gasteiger partial charge in [0.25, 0.3) is 5.56 Å². The molecule has 1 aliphatic heterocycles. The maximum atomic E-state index is 14.1. The van der Waals surface area contributed by atoms with E-state index < -0.39 is 12.0 Å².